The minimum absolute atomic E-state index is 0.0683. The zero-order chi connectivity index (χ0) is 22.1. The summed E-state index contributed by atoms with van der Waals surface area (Å²) < 4.78 is 5.24. The Hall–Kier alpha value is -3.42. The van der Waals surface area contributed by atoms with E-state index in [0.717, 1.165) is 27.6 Å². The van der Waals surface area contributed by atoms with Crippen molar-refractivity contribution < 1.29 is 9.84 Å². The van der Waals surface area contributed by atoms with Crippen LogP contribution in [0, 0.1) is 0 Å². The van der Waals surface area contributed by atoms with Crippen molar-refractivity contribution in [1.82, 2.24) is 10.2 Å². The molecule has 3 aromatic carbocycles. The van der Waals surface area contributed by atoms with Gasteiger partial charge in [-0.2, -0.15) is 5.10 Å². The van der Waals surface area contributed by atoms with Crippen LogP contribution in [0.2, 0.25) is 5.02 Å². The Kier molecular flexibility index (Phi) is 5.51. The number of hydrogen-bond donors (Lipinski definition) is 1. The highest BCUT2D eigenvalue weighted by Gasteiger charge is 2.33. The van der Waals surface area contributed by atoms with E-state index in [9.17, 15) is 5.11 Å². The fraction of sp³-hybridized carbons (Fsp3) is 0.125. The average molecular weight is 463 g/mol. The topological polar surface area (TPSA) is 70.8 Å². The van der Waals surface area contributed by atoms with E-state index in [2.05, 4.69) is 22.3 Å². The molecule has 1 aliphatic heterocycles. The van der Waals surface area contributed by atoms with Gasteiger partial charge >= 0.3 is 0 Å². The van der Waals surface area contributed by atoms with Gasteiger partial charge in [0.05, 0.1) is 18.9 Å². The number of methoxy groups -OCH3 is 1. The number of ether oxygens (including phenoxy) is 1. The molecule has 1 aliphatic rings. The third-order valence-electron chi connectivity index (χ3n) is 5.31. The van der Waals surface area contributed by atoms with Gasteiger partial charge in [0.2, 0.25) is 5.13 Å². The zero-order valence-electron chi connectivity index (χ0n) is 17.1. The van der Waals surface area contributed by atoms with E-state index in [-0.39, 0.29) is 11.8 Å². The smallest absolute Gasteiger partial charge is 0.229 e. The number of aromatic hydroxyl groups is 1. The predicted molar refractivity (Wildman–Crippen MR) is 128 cm³/mol. The number of nitrogens with zero attached hydrogens (tertiary/aromatic N) is 4. The van der Waals surface area contributed by atoms with Crippen molar-refractivity contribution in [3.05, 3.63) is 88.9 Å². The molecule has 0 radical (unpaired) electrons. The van der Waals surface area contributed by atoms with E-state index in [1.165, 1.54) is 11.3 Å². The van der Waals surface area contributed by atoms with Gasteiger partial charge in [0.15, 0.2) is 0 Å². The van der Waals surface area contributed by atoms with Gasteiger partial charge in [0.1, 0.15) is 16.5 Å². The zero-order valence-corrected chi connectivity index (χ0v) is 18.7. The van der Waals surface area contributed by atoms with Crippen molar-refractivity contribution in [3.8, 4) is 22.1 Å². The largest absolute Gasteiger partial charge is 0.507 e. The van der Waals surface area contributed by atoms with Crippen LogP contribution in [-0.4, -0.2) is 28.1 Å². The van der Waals surface area contributed by atoms with Gasteiger partial charge in [-0.15, -0.1) is 10.2 Å². The van der Waals surface area contributed by atoms with E-state index in [1.54, 1.807) is 25.3 Å². The first-order valence-corrected chi connectivity index (χ1v) is 11.2. The Morgan fingerprint density at radius 3 is 2.56 bits per heavy atom. The highest BCUT2D eigenvalue weighted by molar-refractivity contribution is 7.18. The fourth-order valence-corrected chi connectivity index (χ4v) is 4.71. The molecule has 0 saturated heterocycles. The van der Waals surface area contributed by atoms with Crippen LogP contribution in [0.5, 0.6) is 11.5 Å². The molecule has 0 aliphatic carbocycles. The van der Waals surface area contributed by atoms with Gasteiger partial charge in [-0.05, 0) is 48.0 Å². The van der Waals surface area contributed by atoms with E-state index in [0.29, 0.717) is 22.1 Å². The van der Waals surface area contributed by atoms with Crippen molar-refractivity contribution in [2.24, 2.45) is 5.10 Å². The maximum absolute atomic E-state index is 10.4. The summed E-state index contributed by atoms with van der Waals surface area (Å²) in [7, 11) is 1.64. The Bertz CT molecular complexity index is 1270. The van der Waals surface area contributed by atoms with Crippen LogP contribution < -0.4 is 9.75 Å². The first-order valence-electron chi connectivity index (χ1n) is 10.0. The predicted octanol–water partition coefficient (Wildman–Crippen LogP) is 5.93. The van der Waals surface area contributed by atoms with Crippen molar-refractivity contribution in [2.75, 3.05) is 12.1 Å². The van der Waals surface area contributed by atoms with Crippen molar-refractivity contribution in [3.63, 3.8) is 0 Å². The lowest BCUT2D eigenvalue weighted by Crippen LogP contribution is -2.18. The molecule has 1 unspecified atom stereocenters. The first-order chi connectivity index (χ1) is 15.6. The Morgan fingerprint density at radius 2 is 1.81 bits per heavy atom. The highest BCUT2D eigenvalue weighted by Crippen LogP contribution is 2.41. The molecule has 160 valence electrons. The lowest BCUT2D eigenvalue weighted by molar-refractivity contribution is 0.415. The number of anilines is 1. The fourth-order valence-electron chi connectivity index (χ4n) is 3.68. The summed E-state index contributed by atoms with van der Waals surface area (Å²) in [4.78, 5) is 0. The van der Waals surface area contributed by atoms with E-state index in [4.69, 9.17) is 21.4 Å². The second-order valence-electron chi connectivity index (χ2n) is 7.30. The van der Waals surface area contributed by atoms with Crippen LogP contribution in [0.1, 0.15) is 23.6 Å². The van der Waals surface area contributed by atoms with Crippen molar-refractivity contribution in [1.29, 1.82) is 0 Å². The molecular weight excluding hydrogens is 444 g/mol. The lowest BCUT2D eigenvalue weighted by atomic mass is 9.98. The molecule has 1 N–H and O–H groups in total. The SMILES string of the molecule is COc1ccc(-c2nnc(N3N=C(c4cc(Cl)ccc4O)CC3c3ccccc3)s2)cc1. The quantitative estimate of drug-likeness (QED) is 0.398. The number of benzene rings is 3. The molecule has 6 nitrogen and oxygen atoms in total. The second kappa shape index (κ2) is 8.61. The number of hydrazone groups is 1. The number of phenols is 1. The van der Waals surface area contributed by atoms with Gasteiger partial charge in [-0.3, -0.25) is 0 Å². The minimum atomic E-state index is -0.0683. The average Bonchev–Trinajstić information content (AvgIpc) is 3.49. The molecular formula is C24H19ClN4O2S. The van der Waals surface area contributed by atoms with E-state index >= 15 is 0 Å². The molecule has 4 aromatic rings. The Balaban J connectivity index is 1.53. The number of aromatic nitrogens is 2. The van der Waals surface area contributed by atoms with E-state index < -0.39 is 0 Å². The van der Waals surface area contributed by atoms with Crippen LogP contribution in [0.4, 0.5) is 5.13 Å². The normalized spacial score (nSPS) is 15.6. The maximum atomic E-state index is 10.4. The lowest BCUT2D eigenvalue weighted by Gasteiger charge is -2.20. The molecule has 32 heavy (non-hydrogen) atoms. The van der Waals surface area contributed by atoms with Gasteiger partial charge in [-0.25, -0.2) is 5.01 Å². The van der Waals surface area contributed by atoms with E-state index in [1.807, 2.05) is 47.5 Å². The molecule has 8 heteroatoms. The van der Waals surface area contributed by atoms with Gasteiger partial charge < -0.3 is 9.84 Å². The monoisotopic (exact) mass is 462 g/mol. The highest BCUT2D eigenvalue weighted by atomic mass is 35.5. The van der Waals surface area contributed by atoms with Gasteiger partial charge in [-0.1, -0.05) is 53.3 Å². The van der Waals surface area contributed by atoms with Crippen LogP contribution in [0.3, 0.4) is 0 Å². The molecule has 0 saturated carbocycles. The van der Waals surface area contributed by atoms with Crippen LogP contribution >= 0.6 is 22.9 Å². The Morgan fingerprint density at radius 1 is 1.03 bits per heavy atom. The number of halogens is 1. The molecule has 5 rings (SSSR count). The number of rotatable bonds is 5. The third-order valence-corrected chi connectivity index (χ3v) is 6.51. The maximum Gasteiger partial charge on any atom is 0.229 e. The summed E-state index contributed by atoms with van der Waals surface area (Å²) in [6.07, 6.45) is 0.607. The summed E-state index contributed by atoms with van der Waals surface area (Å²) in [6.45, 7) is 0. The van der Waals surface area contributed by atoms with Gasteiger partial charge in [0.25, 0.3) is 0 Å². The first kappa shape index (κ1) is 20.5. The molecule has 0 fully saturated rings. The molecule has 2 heterocycles. The van der Waals surface area contributed by atoms with Crippen LogP contribution in [0.25, 0.3) is 10.6 Å². The standard InChI is InChI=1S/C24H19ClN4O2S/c1-31-18-10-7-16(8-11-18)23-26-27-24(32-23)29-21(15-5-3-2-4-6-15)14-20(28-29)19-13-17(25)9-12-22(19)30/h2-13,21,30H,14H2,1H3. The van der Waals surface area contributed by atoms with Crippen molar-refractivity contribution in [2.45, 2.75) is 12.5 Å². The third kappa shape index (κ3) is 3.92. The summed E-state index contributed by atoms with van der Waals surface area (Å²) >= 11 is 7.65. The second-order valence-corrected chi connectivity index (χ2v) is 8.69. The summed E-state index contributed by atoms with van der Waals surface area (Å²) in [5, 5.41) is 28.0. The van der Waals surface area contributed by atoms with Gasteiger partial charge in [0, 0.05) is 22.6 Å². The molecule has 0 spiro atoms. The molecule has 1 atom stereocenters. The molecule has 0 bridgehead atoms. The minimum Gasteiger partial charge on any atom is -0.507 e. The molecule has 0 amide bonds. The van der Waals surface area contributed by atoms with Crippen LogP contribution in [-0.2, 0) is 0 Å². The number of hydrogen-bond acceptors (Lipinski definition) is 7. The van der Waals surface area contributed by atoms with Crippen LogP contribution in [0.15, 0.2) is 77.9 Å². The number of phenolic OH excluding ortho intramolecular Hbond substituents is 1. The van der Waals surface area contributed by atoms with Crippen molar-refractivity contribution >= 4 is 33.8 Å². The summed E-state index contributed by atoms with van der Waals surface area (Å²) in [5.74, 6) is 0.941. The molecule has 1 aromatic heterocycles. The Labute approximate surface area is 194 Å². The summed E-state index contributed by atoms with van der Waals surface area (Å²) in [6, 6.07) is 22.8. The summed E-state index contributed by atoms with van der Waals surface area (Å²) in [5.41, 5.74) is 3.44.